The van der Waals surface area contributed by atoms with Gasteiger partial charge in [0.15, 0.2) is 12.5 Å². The van der Waals surface area contributed by atoms with E-state index in [9.17, 15) is 33.4 Å². The van der Waals surface area contributed by atoms with Gasteiger partial charge in [-0.2, -0.15) is 0 Å². The Morgan fingerprint density at radius 1 is 0.896 bits per heavy atom. The van der Waals surface area contributed by atoms with Gasteiger partial charge < -0.3 is 42.9 Å². The molecule has 9 atom stereocenters. The van der Waals surface area contributed by atoms with Crippen LogP contribution in [-0.4, -0.2) is 95.1 Å². The van der Waals surface area contributed by atoms with Crippen molar-refractivity contribution in [1.29, 1.82) is 0 Å². The van der Waals surface area contributed by atoms with Crippen molar-refractivity contribution in [3.63, 3.8) is 0 Å². The lowest BCUT2D eigenvalue weighted by Crippen LogP contribution is -2.44. The standard InChI is InChI=1S/C28H42N5O14P/c1-14(2)43-13-18-16(22(41-5)25(45-18)32-9-7-19(34)30-27(32)37)11-21(36)29-12-17-23(47-48(39,40)46-15(3)4)24(42-6)26(44-17)33-10-8-20(35)31-28(33)38/h7-10,14-18,22-26H,11-13H2,1-6H3,(H,29,36)(H,39,40)(H,30,34,37)(H,31,35,38)/p-1/t16-,17-,18-,22-,23-,24-,25-,26-/m1/s1. The molecule has 3 N–H and O–H groups in total. The van der Waals surface area contributed by atoms with E-state index >= 15 is 0 Å². The summed E-state index contributed by atoms with van der Waals surface area (Å²) in [7, 11) is -2.29. The number of phosphoric ester groups is 1. The third-order valence-corrected chi connectivity index (χ3v) is 8.86. The van der Waals surface area contributed by atoms with Gasteiger partial charge in [-0.1, -0.05) is 0 Å². The molecule has 0 aliphatic carbocycles. The van der Waals surface area contributed by atoms with Crippen molar-refractivity contribution in [3.8, 4) is 0 Å². The highest BCUT2D eigenvalue weighted by Gasteiger charge is 2.50. The van der Waals surface area contributed by atoms with Gasteiger partial charge in [0.2, 0.25) is 5.91 Å². The first kappa shape index (κ1) is 37.6. The number of carbonyl (C=O) groups is 1. The topological polar surface area (TPSA) is 244 Å². The summed E-state index contributed by atoms with van der Waals surface area (Å²) in [5.41, 5.74) is -2.83. The van der Waals surface area contributed by atoms with Crippen molar-refractivity contribution in [1.82, 2.24) is 24.4 Å². The maximum atomic E-state index is 13.4. The van der Waals surface area contributed by atoms with Crippen molar-refractivity contribution in [3.05, 3.63) is 66.2 Å². The Morgan fingerprint density at radius 2 is 1.44 bits per heavy atom. The van der Waals surface area contributed by atoms with Crippen LogP contribution in [0.4, 0.5) is 0 Å². The number of carbonyl (C=O) groups excluding carboxylic acids is 1. The molecular formula is C28H41N5O14P-. The van der Waals surface area contributed by atoms with Gasteiger partial charge in [0, 0.05) is 57.6 Å². The molecule has 2 aliphatic rings. The average molecular weight is 703 g/mol. The highest BCUT2D eigenvalue weighted by molar-refractivity contribution is 7.45. The lowest BCUT2D eigenvalue weighted by molar-refractivity contribution is -0.236. The van der Waals surface area contributed by atoms with E-state index in [1.807, 2.05) is 13.8 Å². The summed E-state index contributed by atoms with van der Waals surface area (Å²) in [6.45, 7) is 6.38. The quantitative estimate of drug-likeness (QED) is 0.184. The number of amides is 1. The number of aromatic nitrogens is 4. The number of nitrogens with one attached hydrogen (secondary N) is 3. The van der Waals surface area contributed by atoms with Crippen LogP contribution in [0.3, 0.4) is 0 Å². The summed E-state index contributed by atoms with van der Waals surface area (Å²) in [5, 5.41) is 2.71. The molecule has 268 valence electrons. The predicted octanol–water partition coefficient (Wildman–Crippen LogP) is -1.26. The molecule has 4 heterocycles. The normalized spacial score (nSPS) is 28.6. The van der Waals surface area contributed by atoms with Crippen molar-refractivity contribution in [2.45, 2.75) is 89.3 Å². The van der Waals surface area contributed by atoms with E-state index < -0.39 is 91.2 Å². The monoisotopic (exact) mass is 702 g/mol. The first-order valence-electron chi connectivity index (χ1n) is 15.2. The zero-order valence-corrected chi connectivity index (χ0v) is 28.2. The van der Waals surface area contributed by atoms with Crippen LogP contribution < -0.4 is 32.7 Å². The number of H-pyrrole nitrogens is 2. The number of phosphoric acid groups is 1. The molecule has 48 heavy (non-hydrogen) atoms. The van der Waals surface area contributed by atoms with E-state index in [-0.39, 0.29) is 25.7 Å². The van der Waals surface area contributed by atoms with Crippen LogP contribution in [0.25, 0.3) is 0 Å². The first-order valence-corrected chi connectivity index (χ1v) is 16.7. The molecule has 20 heteroatoms. The molecule has 19 nitrogen and oxygen atoms in total. The maximum Gasteiger partial charge on any atom is 0.330 e. The minimum absolute atomic E-state index is 0.0610. The van der Waals surface area contributed by atoms with Gasteiger partial charge >= 0.3 is 11.4 Å². The molecule has 0 aromatic carbocycles. The number of hydrogen-bond donors (Lipinski definition) is 3. The molecule has 2 aromatic rings. The Hall–Kier alpha value is -3.26. The minimum Gasteiger partial charge on any atom is -0.756 e. The Labute approximate surface area is 274 Å². The molecule has 0 bridgehead atoms. The zero-order valence-electron chi connectivity index (χ0n) is 27.3. The highest BCUT2D eigenvalue weighted by Crippen LogP contribution is 2.46. The number of hydrogen-bond acceptors (Lipinski definition) is 14. The third-order valence-electron chi connectivity index (χ3n) is 7.68. The smallest absolute Gasteiger partial charge is 0.330 e. The second-order valence-corrected chi connectivity index (χ2v) is 13.1. The van der Waals surface area contributed by atoms with Crippen LogP contribution in [0, 0.1) is 5.92 Å². The van der Waals surface area contributed by atoms with Crippen LogP contribution in [0.5, 0.6) is 0 Å². The van der Waals surface area contributed by atoms with Gasteiger partial charge in [0.1, 0.15) is 24.4 Å². The summed E-state index contributed by atoms with van der Waals surface area (Å²) < 4.78 is 54.3. The van der Waals surface area contributed by atoms with Crippen LogP contribution >= 0.6 is 7.82 Å². The number of methoxy groups -OCH3 is 2. The number of ether oxygens (including phenoxy) is 5. The summed E-state index contributed by atoms with van der Waals surface area (Å²) >= 11 is 0. The molecular weight excluding hydrogens is 661 g/mol. The fourth-order valence-electron chi connectivity index (χ4n) is 5.66. The van der Waals surface area contributed by atoms with Crippen LogP contribution in [0.2, 0.25) is 0 Å². The summed E-state index contributed by atoms with van der Waals surface area (Å²) in [4.78, 5) is 78.9. The fraction of sp³-hybridized carbons (Fsp3) is 0.679. The molecule has 0 radical (unpaired) electrons. The Morgan fingerprint density at radius 3 is 1.94 bits per heavy atom. The molecule has 4 rings (SSSR count). The highest BCUT2D eigenvalue weighted by atomic mass is 31.2. The molecule has 1 amide bonds. The lowest BCUT2D eigenvalue weighted by atomic mass is 9.93. The molecule has 2 aliphatic heterocycles. The SMILES string of the molecule is CO[C@@H]1[C@H](CC(=O)NC[C@H]2O[C@@H](n3ccc(=O)[nH]c3=O)[C@H](OC)[C@@H]2OP(=O)([O-])OC(C)C)[C@@H](COC(C)C)O[C@H]1n1ccc(=O)[nH]c1=O. The summed E-state index contributed by atoms with van der Waals surface area (Å²) in [6.07, 6.45) is -6.28. The predicted molar refractivity (Wildman–Crippen MR) is 163 cm³/mol. The number of rotatable bonds is 15. The zero-order chi connectivity index (χ0) is 35.3. The Kier molecular flexibility index (Phi) is 12.5. The molecule has 2 fully saturated rings. The molecule has 0 spiro atoms. The van der Waals surface area contributed by atoms with Gasteiger partial charge in [-0.15, -0.1) is 0 Å². The summed E-state index contributed by atoms with van der Waals surface area (Å²) in [5.74, 6) is -1.17. The van der Waals surface area contributed by atoms with Crippen molar-refractivity contribution in [2.24, 2.45) is 5.92 Å². The Balaban J connectivity index is 1.56. The third kappa shape index (κ3) is 9.04. The van der Waals surface area contributed by atoms with Crippen molar-refractivity contribution in [2.75, 3.05) is 27.4 Å². The van der Waals surface area contributed by atoms with Gasteiger partial charge in [0.05, 0.1) is 24.9 Å². The second-order valence-electron chi connectivity index (χ2n) is 11.8. The van der Waals surface area contributed by atoms with Crippen molar-refractivity contribution < 1.29 is 47.0 Å². The van der Waals surface area contributed by atoms with Crippen LogP contribution in [0.15, 0.2) is 43.7 Å². The van der Waals surface area contributed by atoms with E-state index in [1.165, 1.54) is 34.3 Å². The largest absolute Gasteiger partial charge is 0.756 e. The van der Waals surface area contributed by atoms with Gasteiger partial charge in [0.25, 0.3) is 18.9 Å². The van der Waals surface area contributed by atoms with Gasteiger partial charge in [-0.3, -0.25) is 38.1 Å². The minimum atomic E-state index is -4.94. The molecule has 2 aromatic heterocycles. The number of nitrogens with zero attached hydrogens (tertiary/aromatic N) is 2. The van der Waals surface area contributed by atoms with E-state index in [0.29, 0.717) is 0 Å². The number of aromatic amines is 2. The maximum absolute atomic E-state index is 13.4. The van der Waals surface area contributed by atoms with Gasteiger partial charge in [-0.25, -0.2) is 9.59 Å². The first-order chi connectivity index (χ1) is 22.6. The van der Waals surface area contributed by atoms with Gasteiger partial charge in [-0.05, 0) is 27.7 Å². The molecule has 0 saturated carbocycles. The molecule has 2 saturated heterocycles. The van der Waals surface area contributed by atoms with E-state index in [4.69, 9.17) is 32.7 Å². The Bertz CT molecular complexity index is 1690. The van der Waals surface area contributed by atoms with Crippen molar-refractivity contribution >= 4 is 13.7 Å². The van der Waals surface area contributed by atoms with Crippen LogP contribution in [0.1, 0.15) is 46.6 Å². The van der Waals surface area contributed by atoms with E-state index in [2.05, 4.69) is 15.3 Å². The second kappa shape index (κ2) is 16.0. The molecule has 1 unspecified atom stereocenters. The average Bonchev–Trinajstić information content (AvgIpc) is 3.50. The van der Waals surface area contributed by atoms with E-state index in [1.54, 1.807) is 0 Å². The summed E-state index contributed by atoms with van der Waals surface area (Å²) in [6, 6.07) is 2.23. The fourth-order valence-corrected chi connectivity index (χ4v) is 6.78. The van der Waals surface area contributed by atoms with E-state index in [0.717, 1.165) is 27.5 Å². The van der Waals surface area contributed by atoms with Crippen LogP contribution in [-0.2, 0) is 42.1 Å². The lowest BCUT2D eigenvalue weighted by Gasteiger charge is -2.31.